The third-order valence-electron chi connectivity index (χ3n) is 7.42. The van der Waals surface area contributed by atoms with Crippen LogP contribution in [0.3, 0.4) is 0 Å². The molecule has 39 heavy (non-hydrogen) atoms. The summed E-state index contributed by atoms with van der Waals surface area (Å²) in [5.41, 5.74) is 4.61. The number of ketones is 1. The molecule has 194 valence electrons. The fraction of sp³-hybridized carbons (Fsp3) is 0.182. The van der Waals surface area contributed by atoms with Crippen LogP contribution < -0.4 is 4.74 Å². The lowest BCUT2D eigenvalue weighted by atomic mass is 9.88. The summed E-state index contributed by atoms with van der Waals surface area (Å²) in [6.07, 6.45) is 7.52. The van der Waals surface area contributed by atoms with Gasteiger partial charge in [-0.05, 0) is 90.4 Å². The second-order valence-electron chi connectivity index (χ2n) is 9.96. The number of pyridine rings is 1. The molecular formula is C33H28N2O4. The van der Waals surface area contributed by atoms with E-state index in [0.717, 1.165) is 31.2 Å². The number of nitrogens with zero attached hydrogens (tertiary/aromatic N) is 2. The zero-order valence-corrected chi connectivity index (χ0v) is 21.4. The van der Waals surface area contributed by atoms with Crippen molar-refractivity contribution in [3.8, 4) is 11.5 Å². The molecule has 0 bridgehead atoms. The number of rotatable bonds is 6. The first-order valence-electron chi connectivity index (χ1n) is 13.2. The Morgan fingerprint density at radius 2 is 1.59 bits per heavy atom. The smallest absolute Gasteiger partial charge is 0.295 e. The van der Waals surface area contributed by atoms with E-state index >= 15 is 0 Å². The molecule has 1 atom stereocenters. The van der Waals surface area contributed by atoms with E-state index in [2.05, 4.69) is 4.98 Å². The molecule has 2 aliphatic rings. The lowest BCUT2D eigenvalue weighted by molar-refractivity contribution is -0.140. The number of aromatic nitrogens is 1. The maximum atomic E-state index is 13.5. The van der Waals surface area contributed by atoms with Crippen molar-refractivity contribution in [2.24, 2.45) is 0 Å². The van der Waals surface area contributed by atoms with Gasteiger partial charge in [-0.1, -0.05) is 42.5 Å². The highest BCUT2D eigenvalue weighted by Crippen LogP contribution is 2.41. The van der Waals surface area contributed by atoms with Gasteiger partial charge in [-0.15, -0.1) is 0 Å². The van der Waals surface area contributed by atoms with E-state index in [1.807, 2.05) is 84.9 Å². The van der Waals surface area contributed by atoms with Crippen molar-refractivity contribution in [1.82, 2.24) is 9.88 Å². The summed E-state index contributed by atoms with van der Waals surface area (Å²) < 4.78 is 6.05. The zero-order valence-electron chi connectivity index (χ0n) is 21.4. The number of ether oxygens (including phenoxy) is 1. The van der Waals surface area contributed by atoms with Crippen molar-refractivity contribution < 1.29 is 19.4 Å². The molecule has 1 aromatic heterocycles. The van der Waals surface area contributed by atoms with Crippen LogP contribution in [0.5, 0.6) is 11.5 Å². The minimum absolute atomic E-state index is 0.0849. The lowest BCUT2D eigenvalue weighted by Crippen LogP contribution is -2.29. The van der Waals surface area contributed by atoms with Crippen molar-refractivity contribution in [2.75, 3.05) is 0 Å². The number of aryl methyl sites for hydroxylation is 2. The molecule has 1 fully saturated rings. The van der Waals surface area contributed by atoms with Gasteiger partial charge < -0.3 is 14.7 Å². The molecule has 1 unspecified atom stereocenters. The van der Waals surface area contributed by atoms with Crippen LogP contribution in [0.4, 0.5) is 0 Å². The van der Waals surface area contributed by atoms with E-state index in [-0.39, 0.29) is 17.9 Å². The molecule has 2 heterocycles. The van der Waals surface area contributed by atoms with Crippen LogP contribution in [0.1, 0.15) is 46.7 Å². The Kier molecular flexibility index (Phi) is 6.68. The van der Waals surface area contributed by atoms with E-state index in [9.17, 15) is 14.7 Å². The molecule has 1 saturated heterocycles. The van der Waals surface area contributed by atoms with Gasteiger partial charge in [0.15, 0.2) is 0 Å². The van der Waals surface area contributed by atoms with Gasteiger partial charge in [0, 0.05) is 24.5 Å². The average Bonchev–Trinajstić information content (AvgIpc) is 3.22. The quantitative estimate of drug-likeness (QED) is 0.183. The van der Waals surface area contributed by atoms with Gasteiger partial charge in [-0.2, -0.15) is 0 Å². The molecule has 1 N–H and O–H groups in total. The zero-order chi connectivity index (χ0) is 26.8. The Hall–Kier alpha value is -4.71. The molecule has 3 aromatic carbocycles. The molecule has 1 aliphatic heterocycles. The topological polar surface area (TPSA) is 79.7 Å². The van der Waals surface area contributed by atoms with Gasteiger partial charge in [0.1, 0.15) is 17.3 Å². The van der Waals surface area contributed by atoms with Crippen molar-refractivity contribution >= 4 is 17.4 Å². The number of fused-ring (bicyclic) bond motifs is 1. The monoisotopic (exact) mass is 516 g/mol. The van der Waals surface area contributed by atoms with Crippen molar-refractivity contribution in [3.63, 3.8) is 0 Å². The Bertz CT molecular complexity index is 1560. The van der Waals surface area contributed by atoms with E-state index in [4.69, 9.17) is 4.74 Å². The third kappa shape index (κ3) is 4.93. The Balaban J connectivity index is 1.45. The maximum Gasteiger partial charge on any atom is 0.295 e. The van der Waals surface area contributed by atoms with Crippen molar-refractivity contribution in [2.45, 2.75) is 38.3 Å². The number of para-hydroxylation sites is 1. The van der Waals surface area contributed by atoms with Crippen LogP contribution in [-0.2, 0) is 29.0 Å². The number of carbonyl (C=O) groups is 2. The van der Waals surface area contributed by atoms with Gasteiger partial charge in [0.25, 0.3) is 11.7 Å². The number of benzene rings is 3. The summed E-state index contributed by atoms with van der Waals surface area (Å²) in [6, 6.07) is 25.4. The molecule has 6 nitrogen and oxygen atoms in total. The second-order valence-corrected chi connectivity index (χ2v) is 9.96. The van der Waals surface area contributed by atoms with Gasteiger partial charge in [0.05, 0.1) is 11.6 Å². The Morgan fingerprint density at radius 1 is 0.846 bits per heavy atom. The van der Waals surface area contributed by atoms with Crippen LogP contribution in [0, 0.1) is 0 Å². The van der Waals surface area contributed by atoms with Crippen molar-refractivity contribution in [3.05, 3.63) is 131 Å². The number of carbonyl (C=O) groups excluding carboxylic acids is 2. The average molecular weight is 517 g/mol. The first-order chi connectivity index (χ1) is 19.1. The summed E-state index contributed by atoms with van der Waals surface area (Å²) >= 11 is 0. The fourth-order valence-corrected chi connectivity index (χ4v) is 5.48. The van der Waals surface area contributed by atoms with E-state index < -0.39 is 17.7 Å². The van der Waals surface area contributed by atoms with Crippen LogP contribution in [0.15, 0.2) is 103 Å². The van der Waals surface area contributed by atoms with Crippen LogP contribution >= 0.6 is 0 Å². The molecule has 0 spiro atoms. The molecule has 0 radical (unpaired) electrons. The summed E-state index contributed by atoms with van der Waals surface area (Å²) in [7, 11) is 0. The maximum absolute atomic E-state index is 13.5. The summed E-state index contributed by atoms with van der Waals surface area (Å²) in [5.74, 6) is -0.251. The minimum atomic E-state index is -0.784. The van der Waals surface area contributed by atoms with Crippen LogP contribution in [0.25, 0.3) is 5.76 Å². The predicted octanol–water partition coefficient (Wildman–Crippen LogP) is 6.37. The van der Waals surface area contributed by atoms with E-state index in [0.29, 0.717) is 22.6 Å². The summed E-state index contributed by atoms with van der Waals surface area (Å²) in [6.45, 7) is 0.197. The third-order valence-corrected chi connectivity index (χ3v) is 7.42. The molecule has 1 amide bonds. The number of aliphatic hydroxyl groups is 1. The van der Waals surface area contributed by atoms with Gasteiger partial charge in [-0.3, -0.25) is 14.6 Å². The minimum Gasteiger partial charge on any atom is -0.507 e. The van der Waals surface area contributed by atoms with Gasteiger partial charge in [0.2, 0.25) is 0 Å². The lowest BCUT2D eigenvalue weighted by Gasteiger charge is -2.26. The number of Topliss-reactive ketones (excluding diaryl/α,β-unsaturated/α-hetero) is 1. The highest BCUT2D eigenvalue weighted by Gasteiger charge is 2.46. The van der Waals surface area contributed by atoms with Crippen LogP contribution in [-0.4, -0.2) is 26.7 Å². The molecule has 6 rings (SSSR count). The second kappa shape index (κ2) is 10.6. The number of likely N-dealkylation sites (tertiary alicyclic amines) is 1. The number of hydrogen-bond donors (Lipinski definition) is 1. The van der Waals surface area contributed by atoms with Gasteiger partial charge in [-0.25, -0.2) is 0 Å². The largest absolute Gasteiger partial charge is 0.507 e. The molecule has 6 heteroatoms. The fourth-order valence-electron chi connectivity index (χ4n) is 5.48. The first-order valence-corrected chi connectivity index (χ1v) is 13.2. The molecule has 1 aliphatic carbocycles. The highest BCUT2D eigenvalue weighted by atomic mass is 16.5. The van der Waals surface area contributed by atoms with Crippen LogP contribution in [0.2, 0.25) is 0 Å². The SMILES string of the molecule is O=C1C(=O)N(Cc2ccncc2)C(c2cccc(Oc3ccccc3)c2)/C1=C(/O)c1ccc2c(c1)CCCC2. The van der Waals surface area contributed by atoms with Crippen molar-refractivity contribution in [1.29, 1.82) is 0 Å². The molecule has 4 aromatic rings. The number of hydrogen-bond acceptors (Lipinski definition) is 5. The van der Waals surface area contributed by atoms with Gasteiger partial charge >= 0.3 is 0 Å². The van der Waals surface area contributed by atoms with E-state index in [1.165, 1.54) is 16.0 Å². The normalized spacial score (nSPS) is 18.2. The Labute approximate surface area is 227 Å². The predicted molar refractivity (Wildman–Crippen MR) is 148 cm³/mol. The summed E-state index contributed by atoms with van der Waals surface area (Å²) in [4.78, 5) is 32.5. The number of amides is 1. The first kappa shape index (κ1) is 24.6. The Morgan fingerprint density at radius 3 is 2.38 bits per heavy atom. The standard InChI is InChI=1S/C33H28N2O4/c36-31(26-14-13-23-7-4-5-8-24(23)19-26)29-30(35(33(38)32(29)37)21-22-15-17-34-18-16-22)25-9-6-12-28(20-25)39-27-10-2-1-3-11-27/h1-3,6,9-20,30,36H,4-5,7-8,21H2/b31-29-. The molecule has 0 saturated carbocycles. The summed E-state index contributed by atoms with van der Waals surface area (Å²) in [5, 5.41) is 11.6. The molecular weight excluding hydrogens is 488 g/mol. The van der Waals surface area contributed by atoms with E-state index in [1.54, 1.807) is 12.4 Å². The highest BCUT2D eigenvalue weighted by molar-refractivity contribution is 6.46. The number of aliphatic hydroxyl groups excluding tert-OH is 1.